The first kappa shape index (κ1) is 9.35. The number of rotatable bonds is 5. The summed E-state index contributed by atoms with van der Waals surface area (Å²) < 4.78 is 0. The van der Waals surface area contributed by atoms with Crippen LogP contribution in [0.4, 0.5) is 0 Å². The fourth-order valence-corrected chi connectivity index (χ4v) is 1.66. The van der Waals surface area contributed by atoms with Crippen LogP contribution in [0.2, 0.25) is 0 Å². The molecule has 1 unspecified atom stereocenters. The van der Waals surface area contributed by atoms with E-state index in [9.17, 15) is 0 Å². The lowest BCUT2D eigenvalue weighted by Gasteiger charge is -2.06. The van der Waals surface area contributed by atoms with Gasteiger partial charge in [0.1, 0.15) is 0 Å². The van der Waals surface area contributed by atoms with Crippen molar-refractivity contribution in [3.05, 3.63) is 0 Å². The summed E-state index contributed by atoms with van der Waals surface area (Å²) >= 11 is 1.96. The van der Waals surface area contributed by atoms with E-state index in [1.165, 1.54) is 25.0 Å². The molecule has 0 aromatic carbocycles. The fourth-order valence-electron chi connectivity index (χ4n) is 0.920. The topological polar surface area (TPSA) is 0 Å². The van der Waals surface area contributed by atoms with E-state index in [1.807, 2.05) is 11.8 Å². The third-order valence-electron chi connectivity index (χ3n) is 1.50. The molecule has 0 saturated heterocycles. The van der Waals surface area contributed by atoms with Crippen LogP contribution in [0.5, 0.6) is 0 Å². The highest BCUT2D eigenvalue weighted by molar-refractivity contribution is 7.98. The highest BCUT2D eigenvalue weighted by Gasteiger charge is 1.97. The minimum atomic E-state index is 0.931. The van der Waals surface area contributed by atoms with Gasteiger partial charge < -0.3 is 0 Å². The second kappa shape index (κ2) is 6.47. The van der Waals surface area contributed by atoms with Crippen molar-refractivity contribution >= 4 is 11.8 Å². The molecule has 0 heterocycles. The predicted molar refractivity (Wildman–Crippen MR) is 47.1 cm³/mol. The van der Waals surface area contributed by atoms with Crippen molar-refractivity contribution in [2.45, 2.75) is 33.1 Å². The maximum atomic E-state index is 2.34. The van der Waals surface area contributed by atoms with E-state index >= 15 is 0 Å². The first-order valence-corrected chi connectivity index (χ1v) is 5.19. The molecule has 0 bridgehead atoms. The quantitative estimate of drug-likeness (QED) is 0.574. The van der Waals surface area contributed by atoms with Crippen LogP contribution in [0.15, 0.2) is 0 Å². The summed E-state index contributed by atoms with van der Waals surface area (Å²) in [5.41, 5.74) is 0. The third kappa shape index (κ3) is 6.23. The van der Waals surface area contributed by atoms with E-state index < -0.39 is 0 Å². The van der Waals surface area contributed by atoms with E-state index in [2.05, 4.69) is 20.1 Å². The van der Waals surface area contributed by atoms with Gasteiger partial charge in [-0.2, -0.15) is 11.8 Å². The van der Waals surface area contributed by atoms with Crippen LogP contribution in [0.25, 0.3) is 0 Å². The van der Waals surface area contributed by atoms with Crippen molar-refractivity contribution in [1.29, 1.82) is 0 Å². The first-order chi connectivity index (χ1) is 4.31. The number of hydrogen-bond donors (Lipinski definition) is 0. The van der Waals surface area contributed by atoms with Crippen molar-refractivity contribution in [3.8, 4) is 0 Å². The first-order valence-electron chi connectivity index (χ1n) is 3.80. The van der Waals surface area contributed by atoms with Gasteiger partial charge in [0, 0.05) is 0 Å². The van der Waals surface area contributed by atoms with Gasteiger partial charge in [-0.3, -0.25) is 0 Å². The minimum absolute atomic E-state index is 0.931. The zero-order valence-electron chi connectivity index (χ0n) is 6.81. The monoisotopic (exact) mass is 146 g/mol. The van der Waals surface area contributed by atoms with E-state index in [-0.39, 0.29) is 0 Å². The molecule has 0 aromatic heterocycles. The summed E-state index contributed by atoms with van der Waals surface area (Å²) in [4.78, 5) is 0. The molecule has 0 saturated carbocycles. The summed E-state index contributed by atoms with van der Waals surface area (Å²) in [5.74, 6) is 2.26. The number of thioether (sulfide) groups is 1. The standard InChI is InChI=1S/C8H18S/c1-4-5-6-8(2)7-9-3/h8H,4-7H2,1-3H3. The highest BCUT2D eigenvalue weighted by Crippen LogP contribution is 2.11. The van der Waals surface area contributed by atoms with Crippen LogP contribution in [0.3, 0.4) is 0 Å². The molecule has 1 atom stereocenters. The Hall–Kier alpha value is 0.350. The molecule has 9 heavy (non-hydrogen) atoms. The van der Waals surface area contributed by atoms with E-state index in [0.29, 0.717) is 0 Å². The molecule has 0 N–H and O–H groups in total. The lowest BCUT2D eigenvalue weighted by molar-refractivity contribution is 0.558. The summed E-state index contributed by atoms with van der Waals surface area (Å²) in [5, 5.41) is 0. The van der Waals surface area contributed by atoms with Crippen LogP contribution in [-0.2, 0) is 0 Å². The molecule has 0 amide bonds. The molecule has 0 aromatic rings. The van der Waals surface area contributed by atoms with Gasteiger partial charge in [0.25, 0.3) is 0 Å². The van der Waals surface area contributed by atoms with Gasteiger partial charge in [-0.25, -0.2) is 0 Å². The van der Waals surface area contributed by atoms with Crippen LogP contribution in [0, 0.1) is 5.92 Å². The van der Waals surface area contributed by atoms with Gasteiger partial charge in [0.15, 0.2) is 0 Å². The largest absolute Gasteiger partial charge is 0.165 e. The van der Waals surface area contributed by atoms with Gasteiger partial charge in [-0.1, -0.05) is 26.7 Å². The minimum Gasteiger partial charge on any atom is -0.165 e. The second-order valence-corrected chi connectivity index (χ2v) is 3.61. The van der Waals surface area contributed by atoms with Crippen molar-refractivity contribution in [1.82, 2.24) is 0 Å². The van der Waals surface area contributed by atoms with Crippen molar-refractivity contribution < 1.29 is 0 Å². The lowest BCUT2D eigenvalue weighted by Crippen LogP contribution is -1.96. The molecule has 0 aliphatic rings. The van der Waals surface area contributed by atoms with Crippen LogP contribution in [0.1, 0.15) is 33.1 Å². The van der Waals surface area contributed by atoms with E-state index in [4.69, 9.17) is 0 Å². The van der Waals surface area contributed by atoms with Crippen LogP contribution >= 0.6 is 11.8 Å². The average Bonchev–Trinajstić information content (AvgIpc) is 1.85. The maximum absolute atomic E-state index is 2.34. The van der Waals surface area contributed by atoms with Gasteiger partial charge in [0.05, 0.1) is 0 Å². The fraction of sp³-hybridized carbons (Fsp3) is 1.00. The van der Waals surface area contributed by atoms with Crippen LogP contribution in [-0.4, -0.2) is 12.0 Å². The van der Waals surface area contributed by atoms with Gasteiger partial charge >= 0.3 is 0 Å². The Labute approximate surface area is 63.4 Å². The molecule has 56 valence electrons. The molecule has 1 heteroatoms. The highest BCUT2D eigenvalue weighted by atomic mass is 32.2. The maximum Gasteiger partial charge on any atom is -0.00445 e. The molecule has 0 rings (SSSR count). The van der Waals surface area contributed by atoms with E-state index in [0.717, 1.165) is 5.92 Å². The zero-order valence-corrected chi connectivity index (χ0v) is 7.63. The van der Waals surface area contributed by atoms with E-state index in [1.54, 1.807) is 0 Å². The molecule has 0 fully saturated rings. The van der Waals surface area contributed by atoms with Crippen molar-refractivity contribution in [2.75, 3.05) is 12.0 Å². The Balaban J connectivity index is 2.95. The summed E-state index contributed by atoms with van der Waals surface area (Å²) in [7, 11) is 0. The average molecular weight is 146 g/mol. The third-order valence-corrected chi connectivity index (χ3v) is 2.40. The Morgan fingerprint density at radius 1 is 1.44 bits per heavy atom. The predicted octanol–water partition coefficient (Wildman–Crippen LogP) is 3.18. The molecule has 0 nitrogen and oxygen atoms in total. The molecule has 0 radical (unpaired) electrons. The van der Waals surface area contributed by atoms with Crippen LogP contribution < -0.4 is 0 Å². The lowest BCUT2D eigenvalue weighted by atomic mass is 10.1. The Morgan fingerprint density at radius 2 is 2.11 bits per heavy atom. The molecule has 0 spiro atoms. The molecular weight excluding hydrogens is 128 g/mol. The summed E-state index contributed by atoms with van der Waals surface area (Å²) in [6.45, 7) is 4.60. The number of hydrogen-bond acceptors (Lipinski definition) is 1. The summed E-state index contributed by atoms with van der Waals surface area (Å²) in [6, 6.07) is 0. The number of unbranched alkanes of at least 4 members (excludes halogenated alkanes) is 1. The molecular formula is C8H18S. The van der Waals surface area contributed by atoms with Crippen molar-refractivity contribution in [3.63, 3.8) is 0 Å². The van der Waals surface area contributed by atoms with Gasteiger partial charge in [-0.05, 0) is 24.3 Å². The normalized spacial score (nSPS) is 13.7. The zero-order chi connectivity index (χ0) is 7.11. The van der Waals surface area contributed by atoms with Gasteiger partial charge in [-0.15, -0.1) is 0 Å². The summed E-state index contributed by atoms with van der Waals surface area (Å²) in [6.07, 6.45) is 6.35. The Kier molecular flexibility index (Phi) is 6.72. The van der Waals surface area contributed by atoms with Gasteiger partial charge in [0.2, 0.25) is 0 Å². The smallest absolute Gasteiger partial charge is 0.00445 e. The molecule has 0 aliphatic heterocycles. The molecule has 0 aliphatic carbocycles. The van der Waals surface area contributed by atoms with Crippen molar-refractivity contribution in [2.24, 2.45) is 5.92 Å². The Morgan fingerprint density at radius 3 is 2.56 bits per heavy atom. The second-order valence-electron chi connectivity index (χ2n) is 2.70. The SMILES string of the molecule is CCCCC(C)CSC. The Bertz CT molecular complexity index is 52.5.